The minimum atomic E-state index is 0.700. The van der Waals surface area contributed by atoms with Gasteiger partial charge in [-0.2, -0.15) is 0 Å². The van der Waals surface area contributed by atoms with Crippen molar-refractivity contribution in [2.24, 2.45) is 29.4 Å². The first-order valence-corrected chi connectivity index (χ1v) is 8.26. The van der Waals surface area contributed by atoms with Crippen LogP contribution in [0.1, 0.15) is 55.0 Å². The van der Waals surface area contributed by atoms with Crippen LogP contribution in [0.5, 0.6) is 0 Å². The summed E-state index contributed by atoms with van der Waals surface area (Å²) in [5, 5.41) is 0. The zero-order valence-electron chi connectivity index (χ0n) is 12.4. The Hall–Kier alpha value is -0.960. The first kappa shape index (κ1) is 12.8. The molecule has 0 spiro atoms. The highest BCUT2D eigenvalue weighted by molar-refractivity contribution is 5.30. The summed E-state index contributed by atoms with van der Waals surface area (Å²) in [6.45, 7) is 2.82. The summed E-state index contributed by atoms with van der Waals surface area (Å²) >= 11 is 0. The maximum atomic E-state index is 5.82. The molecule has 108 valence electrons. The van der Waals surface area contributed by atoms with Gasteiger partial charge >= 0.3 is 0 Å². The molecule has 1 heterocycles. The lowest BCUT2D eigenvalue weighted by molar-refractivity contribution is -0.00452. The molecule has 1 aromatic rings. The average molecular weight is 271 g/mol. The van der Waals surface area contributed by atoms with Crippen LogP contribution in [0.15, 0.2) is 6.33 Å². The first-order chi connectivity index (χ1) is 9.76. The summed E-state index contributed by atoms with van der Waals surface area (Å²) in [6.07, 6.45) is 10.0. The second-order valence-corrected chi connectivity index (χ2v) is 7.32. The van der Waals surface area contributed by atoms with E-state index in [1.54, 1.807) is 6.33 Å². The van der Waals surface area contributed by atoms with E-state index in [2.05, 4.69) is 11.9 Å². The molecule has 0 radical (unpaired) electrons. The molecular weight excluding hydrogens is 246 g/mol. The Kier molecular flexibility index (Phi) is 3.06. The van der Waals surface area contributed by atoms with Crippen LogP contribution >= 0.6 is 0 Å². The number of nitrogens with two attached hydrogens (primary N) is 1. The molecule has 0 aliphatic heterocycles. The van der Waals surface area contributed by atoms with Crippen LogP contribution in [0.4, 0.5) is 0 Å². The third-order valence-corrected chi connectivity index (χ3v) is 6.13. The van der Waals surface area contributed by atoms with Crippen LogP contribution in [-0.2, 0) is 6.42 Å². The summed E-state index contributed by atoms with van der Waals surface area (Å²) < 4.78 is 0. The number of nitrogens with zero attached hydrogens (tertiary/aromatic N) is 2. The average Bonchev–Trinajstić information content (AvgIpc) is 2.41. The highest BCUT2D eigenvalue weighted by Gasteiger charge is 2.49. The zero-order chi connectivity index (χ0) is 13.7. The van der Waals surface area contributed by atoms with Gasteiger partial charge in [0.25, 0.3) is 0 Å². The SMILES string of the molecule is Cc1ncnc(C2C3CC4CC(C3)CC2C4)c1CCN. The quantitative estimate of drug-likeness (QED) is 0.919. The van der Waals surface area contributed by atoms with Gasteiger partial charge in [-0.15, -0.1) is 0 Å². The Labute approximate surface area is 121 Å². The van der Waals surface area contributed by atoms with Crippen molar-refractivity contribution >= 4 is 0 Å². The number of rotatable bonds is 3. The molecule has 3 heteroatoms. The summed E-state index contributed by atoms with van der Waals surface area (Å²) in [7, 11) is 0. The minimum absolute atomic E-state index is 0.700. The van der Waals surface area contributed by atoms with Gasteiger partial charge in [0.2, 0.25) is 0 Å². The van der Waals surface area contributed by atoms with E-state index in [-0.39, 0.29) is 0 Å². The molecule has 3 nitrogen and oxygen atoms in total. The Morgan fingerprint density at radius 2 is 1.70 bits per heavy atom. The molecule has 20 heavy (non-hydrogen) atoms. The van der Waals surface area contributed by atoms with Gasteiger partial charge in [0.1, 0.15) is 6.33 Å². The zero-order valence-corrected chi connectivity index (χ0v) is 12.4. The lowest BCUT2D eigenvalue weighted by Gasteiger charge is -2.54. The van der Waals surface area contributed by atoms with Crippen LogP contribution in [-0.4, -0.2) is 16.5 Å². The van der Waals surface area contributed by atoms with Crippen LogP contribution in [0, 0.1) is 30.6 Å². The fraction of sp³-hybridized carbons (Fsp3) is 0.765. The molecule has 0 aromatic carbocycles. The van der Waals surface area contributed by atoms with E-state index in [1.807, 2.05) is 0 Å². The van der Waals surface area contributed by atoms with Crippen molar-refractivity contribution in [3.8, 4) is 0 Å². The van der Waals surface area contributed by atoms with Gasteiger partial charge in [0.05, 0.1) is 5.69 Å². The van der Waals surface area contributed by atoms with E-state index in [4.69, 9.17) is 10.7 Å². The molecule has 4 bridgehead atoms. The van der Waals surface area contributed by atoms with Crippen molar-refractivity contribution in [2.45, 2.75) is 51.4 Å². The smallest absolute Gasteiger partial charge is 0.115 e. The fourth-order valence-corrected chi connectivity index (χ4v) is 5.63. The largest absolute Gasteiger partial charge is 0.330 e. The standard InChI is InChI=1S/C17H25N3/c1-10-15(2-3-18)17(20-9-19-10)16-13-5-11-4-12(7-13)8-14(16)6-11/h9,11-14,16H,2-8,18H2,1H3. The van der Waals surface area contributed by atoms with Gasteiger partial charge in [-0.25, -0.2) is 9.97 Å². The molecule has 0 atom stereocenters. The second-order valence-electron chi connectivity index (χ2n) is 7.32. The molecule has 0 unspecified atom stereocenters. The molecule has 4 aliphatic carbocycles. The Balaban J connectivity index is 1.72. The summed E-state index contributed by atoms with van der Waals surface area (Å²) in [6, 6.07) is 0. The molecule has 5 rings (SSSR count). The predicted octanol–water partition coefficient (Wildman–Crippen LogP) is 2.83. The van der Waals surface area contributed by atoms with Crippen molar-refractivity contribution in [1.82, 2.24) is 9.97 Å². The second kappa shape index (κ2) is 4.80. The molecular formula is C17H25N3. The van der Waals surface area contributed by atoms with E-state index in [0.29, 0.717) is 12.5 Å². The summed E-state index contributed by atoms with van der Waals surface area (Å²) in [4.78, 5) is 9.14. The maximum Gasteiger partial charge on any atom is 0.115 e. The van der Waals surface area contributed by atoms with Gasteiger partial charge in [-0.1, -0.05) is 0 Å². The van der Waals surface area contributed by atoms with Gasteiger partial charge in [0, 0.05) is 11.6 Å². The molecule has 0 saturated heterocycles. The number of aryl methyl sites for hydroxylation is 1. The maximum absolute atomic E-state index is 5.82. The van der Waals surface area contributed by atoms with Gasteiger partial charge in [-0.3, -0.25) is 0 Å². The lowest BCUT2D eigenvalue weighted by atomic mass is 9.51. The van der Waals surface area contributed by atoms with Crippen molar-refractivity contribution in [3.63, 3.8) is 0 Å². The van der Waals surface area contributed by atoms with Crippen molar-refractivity contribution in [2.75, 3.05) is 6.54 Å². The van der Waals surface area contributed by atoms with Gasteiger partial charge < -0.3 is 5.73 Å². The van der Waals surface area contributed by atoms with E-state index < -0.39 is 0 Å². The lowest BCUT2D eigenvalue weighted by Crippen LogP contribution is -2.44. The van der Waals surface area contributed by atoms with Gasteiger partial charge in [-0.05, 0) is 81.2 Å². The molecule has 0 amide bonds. The minimum Gasteiger partial charge on any atom is -0.330 e. The van der Waals surface area contributed by atoms with Crippen molar-refractivity contribution in [1.29, 1.82) is 0 Å². The van der Waals surface area contributed by atoms with Crippen molar-refractivity contribution in [3.05, 3.63) is 23.3 Å². The summed E-state index contributed by atoms with van der Waals surface area (Å²) in [5.74, 6) is 4.52. The van der Waals surface area contributed by atoms with Crippen LogP contribution < -0.4 is 5.73 Å². The molecule has 4 saturated carbocycles. The first-order valence-electron chi connectivity index (χ1n) is 8.26. The Morgan fingerprint density at radius 1 is 1.05 bits per heavy atom. The van der Waals surface area contributed by atoms with Crippen LogP contribution in [0.3, 0.4) is 0 Å². The normalized spacial score (nSPS) is 38.4. The number of aromatic nitrogens is 2. The summed E-state index contributed by atoms with van der Waals surface area (Å²) in [5.41, 5.74) is 9.68. The molecule has 4 fully saturated rings. The van der Waals surface area contributed by atoms with E-state index in [9.17, 15) is 0 Å². The molecule has 4 aliphatic rings. The van der Waals surface area contributed by atoms with E-state index in [0.717, 1.165) is 35.8 Å². The Morgan fingerprint density at radius 3 is 2.30 bits per heavy atom. The highest BCUT2D eigenvalue weighted by Crippen LogP contribution is 2.59. The number of hydrogen-bond acceptors (Lipinski definition) is 3. The molecule has 2 N–H and O–H groups in total. The van der Waals surface area contributed by atoms with Gasteiger partial charge in [0.15, 0.2) is 0 Å². The van der Waals surface area contributed by atoms with Crippen molar-refractivity contribution < 1.29 is 0 Å². The van der Waals surface area contributed by atoms with Crippen LogP contribution in [0.25, 0.3) is 0 Å². The predicted molar refractivity (Wildman–Crippen MR) is 79.3 cm³/mol. The van der Waals surface area contributed by atoms with E-state index in [1.165, 1.54) is 43.4 Å². The van der Waals surface area contributed by atoms with Crippen LogP contribution in [0.2, 0.25) is 0 Å². The molecule has 1 aromatic heterocycles. The third-order valence-electron chi connectivity index (χ3n) is 6.13. The topological polar surface area (TPSA) is 51.8 Å². The number of hydrogen-bond donors (Lipinski definition) is 1. The third kappa shape index (κ3) is 1.90. The van der Waals surface area contributed by atoms with E-state index >= 15 is 0 Å². The monoisotopic (exact) mass is 271 g/mol. The Bertz CT molecular complexity index is 483. The highest BCUT2D eigenvalue weighted by atomic mass is 14.9. The fourth-order valence-electron chi connectivity index (χ4n) is 5.63.